The molecule has 0 radical (unpaired) electrons. The SMILES string of the molecule is NCc1cccc(-c2nc([C@@H]3C[C@H](c4ccccc4)N4CCC[C@@H]34)no2)c1. The van der Waals surface area contributed by atoms with Crippen molar-refractivity contribution in [1.82, 2.24) is 15.0 Å². The molecule has 5 rings (SSSR count). The summed E-state index contributed by atoms with van der Waals surface area (Å²) < 4.78 is 5.63. The fraction of sp³-hybridized carbons (Fsp3) is 0.364. The number of nitrogens with zero attached hydrogens (tertiary/aromatic N) is 3. The number of hydrogen-bond acceptors (Lipinski definition) is 5. The smallest absolute Gasteiger partial charge is 0.257 e. The number of fused-ring (bicyclic) bond motifs is 1. The topological polar surface area (TPSA) is 68.2 Å². The molecule has 3 heterocycles. The molecule has 2 N–H and O–H groups in total. The Hall–Kier alpha value is -2.50. The van der Waals surface area contributed by atoms with E-state index in [1.54, 1.807) is 0 Å². The van der Waals surface area contributed by atoms with Crippen LogP contribution in [0.15, 0.2) is 59.1 Å². The lowest BCUT2D eigenvalue weighted by Gasteiger charge is -2.24. The Labute approximate surface area is 159 Å². The van der Waals surface area contributed by atoms with Gasteiger partial charge in [0, 0.05) is 30.1 Å². The van der Waals surface area contributed by atoms with Crippen LogP contribution in [0.2, 0.25) is 0 Å². The summed E-state index contributed by atoms with van der Waals surface area (Å²) >= 11 is 0. The molecule has 0 aliphatic carbocycles. The second-order valence-corrected chi connectivity index (χ2v) is 7.58. The van der Waals surface area contributed by atoms with E-state index in [1.807, 2.05) is 24.3 Å². The van der Waals surface area contributed by atoms with Crippen molar-refractivity contribution >= 4 is 0 Å². The van der Waals surface area contributed by atoms with Gasteiger partial charge in [0.2, 0.25) is 0 Å². The lowest BCUT2D eigenvalue weighted by molar-refractivity contribution is 0.243. The molecule has 0 spiro atoms. The van der Waals surface area contributed by atoms with Crippen molar-refractivity contribution in [2.75, 3.05) is 6.54 Å². The zero-order valence-electron chi connectivity index (χ0n) is 15.3. The maximum Gasteiger partial charge on any atom is 0.257 e. The van der Waals surface area contributed by atoms with Crippen molar-refractivity contribution in [2.45, 2.75) is 43.8 Å². The summed E-state index contributed by atoms with van der Waals surface area (Å²) in [5.74, 6) is 1.76. The standard InChI is InChI=1S/C22H24N4O/c23-14-15-6-4-9-17(12-15)22-24-21(25-27-22)18-13-20(16-7-2-1-3-8-16)26-11-5-10-19(18)26/h1-4,6-9,12,18-20H,5,10-11,13-14,23H2/t18-,19+,20-/m1/s1. The minimum atomic E-state index is 0.327. The van der Waals surface area contributed by atoms with E-state index in [0.717, 1.165) is 29.9 Å². The monoisotopic (exact) mass is 360 g/mol. The van der Waals surface area contributed by atoms with Crippen LogP contribution in [-0.2, 0) is 6.54 Å². The Morgan fingerprint density at radius 1 is 1.11 bits per heavy atom. The summed E-state index contributed by atoms with van der Waals surface area (Å²) in [6, 6.07) is 19.8. The molecule has 27 heavy (non-hydrogen) atoms. The van der Waals surface area contributed by atoms with E-state index < -0.39 is 0 Å². The zero-order valence-corrected chi connectivity index (χ0v) is 15.3. The molecule has 2 aliphatic heterocycles. The minimum Gasteiger partial charge on any atom is -0.334 e. The Kier molecular flexibility index (Phi) is 4.26. The first-order chi connectivity index (χ1) is 13.3. The van der Waals surface area contributed by atoms with Crippen molar-refractivity contribution in [1.29, 1.82) is 0 Å². The van der Waals surface area contributed by atoms with Crippen LogP contribution >= 0.6 is 0 Å². The highest BCUT2D eigenvalue weighted by atomic mass is 16.5. The highest BCUT2D eigenvalue weighted by Crippen LogP contribution is 2.48. The third-order valence-electron chi connectivity index (χ3n) is 6.05. The van der Waals surface area contributed by atoms with Gasteiger partial charge in [0.15, 0.2) is 5.82 Å². The number of aromatic nitrogens is 2. The molecule has 2 aromatic carbocycles. The molecular formula is C22H24N4O. The molecule has 138 valence electrons. The first-order valence-corrected chi connectivity index (χ1v) is 9.77. The summed E-state index contributed by atoms with van der Waals surface area (Å²) in [6.45, 7) is 1.66. The fourth-order valence-corrected chi connectivity index (χ4v) is 4.78. The highest BCUT2D eigenvalue weighted by molar-refractivity contribution is 5.54. The lowest BCUT2D eigenvalue weighted by atomic mass is 9.94. The van der Waals surface area contributed by atoms with Gasteiger partial charge in [-0.15, -0.1) is 0 Å². The van der Waals surface area contributed by atoms with Crippen LogP contribution in [0.25, 0.3) is 11.5 Å². The third kappa shape index (κ3) is 2.97. The predicted molar refractivity (Wildman–Crippen MR) is 104 cm³/mol. The summed E-state index contributed by atoms with van der Waals surface area (Å²) in [5.41, 5.74) is 9.16. The molecule has 0 saturated carbocycles. The molecular weight excluding hydrogens is 336 g/mol. The molecule has 5 nitrogen and oxygen atoms in total. The van der Waals surface area contributed by atoms with E-state index in [9.17, 15) is 0 Å². The first kappa shape index (κ1) is 16.7. The summed E-state index contributed by atoms with van der Waals surface area (Å²) in [6.07, 6.45) is 3.50. The molecule has 0 unspecified atom stereocenters. The van der Waals surface area contributed by atoms with E-state index in [4.69, 9.17) is 15.2 Å². The Morgan fingerprint density at radius 3 is 2.85 bits per heavy atom. The summed E-state index contributed by atoms with van der Waals surface area (Å²) in [4.78, 5) is 7.43. The molecule has 0 bridgehead atoms. The van der Waals surface area contributed by atoms with Crippen molar-refractivity contribution in [3.63, 3.8) is 0 Å². The van der Waals surface area contributed by atoms with Crippen LogP contribution in [0, 0.1) is 0 Å². The minimum absolute atomic E-state index is 0.327. The zero-order chi connectivity index (χ0) is 18.2. The average Bonchev–Trinajstić information content (AvgIpc) is 3.45. The van der Waals surface area contributed by atoms with Gasteiger partial charge in [0.05, 0.1) is 0 Å². The van der Waals surface area contributed by atoms with Gasteiger partial charge in [-0.1, -0.05) is 47.6 Å². The van der Waals surface area contributed by atoms with Crippen molar-refractivity contribution in [3.8, 4) is 11.5 Å². The number of nitrogens with two attached hydrogens (primary N) is 1. The Balaban J connectivity index is 1.44. The molecule has 3 aromatic rings. The molecule has 2 saturated heterocycles. The van der Waals surface area contributed by atoms with Crippen LogP contribution in [-0.4, -0.2) is 27.6 Å². The molecule has 2 aliphatic rings. The van der Waals surface area contributed by atoms with Gasteiger partial charge in [-0.05, 0) is 49.1 Å². The van der Waals surface area contributed by atoms with E-state index in [1.165, 1.54) is 18.4 Å². The van der Waals surface area contributed by atoms with Gasteiger partial charge in [-0.25, -0.2) is 0 Å². The van der Waals surface area contributed by atoms with Crippen LogP contribution in [0.3, 0.4) is 0 Å². The normalized spacial score (nSPS) is 25.0. The lowest BCUT2D eigenvalue weighted by Crippen LogP contribution is -2.27. The van der Waals surface area contributed by atoms with Crippen molar-refractivity contribution < 1.29 is 4.52 Å². The quantitative estimate of drug-likeness (QED) is 0.764. The van der Waals surface area contributed by atoms with Crippen molar-refractivity contribution in [3.05, 3.63) is 71.5 Å². The Morgan fingerprint density at radius 2 is 2.00 bits per heavy atom. The number of rotatable bonds is 4. The maximum absolute atomic E-state index is 5.76. The van der Waals surface area contributed by atoms with Crippen LogP contribution in [0.5, 0.6) is 0 Å². The fourth-order valence-electron chi connectivity index (χ4n) is 4.78. The second kappa shape index (κ2) is 6.91. The molecule has 2 fully saturated rings. The van der Waals surface area contributed by atoms with E-state index in [0.29, 0.717) is 30.4 Å². The maximum atomic E-state index is 5.76. The van der Waals surface area contributed by atoms with Gasteiger partial charge in [-0.3, -0.25) is 4.90 Å². The number of benzene rings is 2. The Bertz CT molecular complexity index is 923. The first-order valence-electron chi connectivity index (χ1n) is 9.77. The average molecular weight is 360 g/mol. The summed E-state index contributed by atoms with van der Waals surface area (Å²) in [7, 11) is 0. The van der Waals surface area contributed by atoms with E-state index in [-0.39, 0.29) is 0 Å². The van der Waals surface area contributed by atoms with E-state index in [2.05, 4.69) is 40.4 Å². The predicted octanol–water partition coefficient (Wildman–Crippen LogP) is 3.89. The molecule has 5 heteroatoms. The molecule has 0 amide bonds. The van der Waals surface area contributed by atoms with Gasteiger partial charge in [0.25, 0.3) is 5.89 Å². The molecule has 3 atom stereocenters. The van der Waals surface area contributed by atoms with Crippen molar-refractivity contribution in [2.24, 2.45) is 5.73 Å². The number of hydrogen-bond donors (Lipinski definition) is 1. The van der Waals surface area contributed by atoms with E-state index >= 15 is 0 Å². The van der Waals surface area contributed by atoms with Crippen LogP contribution < -0.4 is 5.73 Å². The van der Waals surface area contributed by atoms with Gasteiger partial charge >= 0.3 is 0 Å². The molecule has 1 aromatic heterocycles. The van der Waals surface area contributed by atoms with Crippen LogP contribution in [0.1, 0.15) is 48.2 Å². The second-order valence-electron chi connectivity index (χ2n) is 7.58. The van der Waals surface area contributed by atoms with Crippen LogP contribution in [0.4, 0.5) is 0 Å². The largest absolute Gasteiger partial charge is 0.334 e. The third-order valence-corrected chi connectivity index (χ3v) is 6.05. The summed E-state index contributed by atoms with van der Waals surface area (Å²) in [5, 5.41) is 4.37. The van der Waals surface area contributed by atoms with Gasteiger partial charge < -0.3 is 10.3 Å². The van der Waals surface area contributed by atoms with Gasteiger partial charge in [-0.2, -0.15) is 4.98 Å². The van der Waals surface area contributed by atoms with Gasteiger partial charge in [0.1, 0.15) is 0 Å². The highest BCUT2D eigenvalue weighted by Gasteiger charge is 2.46.